The Bertz CT molecular complexity index is 139. The number of hydrogen-bond donors (Lipinski definition) is 3. The lowest BCUT2D eigenvalue weighted by Gasteiger charge is -2.11. The maximum absolute atomic E-state index is 8.77. The number of rotatable bonds is 6. The van der Waals surface area contributed by atoms with E-state index in [1.165, 1.54) is 0 Å². The fourth-order valence-corrected chi connectivity index (χ4v) is 0.421. The fourth-order valence-electron chi connectivity index (χ4n) is 0.421. The van der Waals surface area contributed by atoms with Gasteiger partial charge in [0.1, 0.15) is 0 Å². The second kappa shape index (κ2) is 17.8. The summed E-state index contributed by atoms with van der Waals surface area (Å²) in [6, 6.07) is 0. The first-order valence-corrected chi connectivity index (χ1v) is 7.36. The first-order chi connectivity index (χ1) is 8.70. The van der Waals surface area contributed by atoms with Gasteiger partial charge in [-0.1, -0.05) is 20.8 Å². The van der Waals surface area contributed by atoms with E-state index in [-0.39, 0.29) is 24.4 Å². The first-order valence-electron chi connectivity index (χ1n) is 7.36. The van der Waals surface area contributed by atoms with Crippen LogP contribution in [-0.4, -0.2) is 46.3 Å². The maximum Gasteiger partial charge on any atom is 0.0745 e. The molecule has 0 rings (SSSR count). The van der Waals surface area contributed by atoms with Crippen LogP contribution in [0.1, 0.15) is 67.7 Å². The van der Waals surface area contributed by atoms with Crippen molar-refractivity contribution in [1.29, 1.82) is 0 Å². The monoisotopic (exact) mass is 280 g/mol. The summed E-state index contributed by atoms with van der Waals surface area (Å²) in [6.45, 7) is 13.7. The molecule has 0 spiro atoms. The normalized spacial score (nSPS) is 16.1. The maximum atomic E-state index is 8.77. The summed E-state index contributed by atoms with van der Waals surface area (Å²) < 4.78 is 5.20. The van der Waals surface area contributed by atoms with Crippen LogP contribution >= 0.6 is 0 Å². The summed E-state index contributed by atoms with van der Waals surface area (Å²) in [5.74, 6) is 0. The molecule has 0 radical (unpaired) electrons. The molecule has 3 N–H and O–H groups in total. The fraction of sp³-hybridized carbons (Fsp3) is 1.00. The van der Waals surface area contributed by atoms with E-state index >= 15 is 0 Å². The van der Waals surface area contributed by atoms with Gasteiger partial charge in [-0.3, -0.25) is 0 Å². The minimum absolute atomic E-state index is 0.116. The first kappa shape index (κ1) is 23.9. The molecule has 0 aliphatic heterocycles. The lowest BCUT2D eigenvalue weighted by molar-refractivity contribution is 0.00420. The van der Waals surface area contributed by atoms with Crippen LogP contribution in [0.2, 0.25) is 0 Å². The van der Waals surface area contributed by atoms with Crippen molar-refractivity contribution >= 4 is 0 Å². The highest BCUT2D eigenvalue weighted by molar-refractivity contribution is 4.47. The molecular weight excluding hydrogens is 244 g/mol. The Balaban J connectivity index is -0.000000219. The van der Waals surface area contributed by atoms with Gasteiger partial charge in [-0.25, -0.2) is 0 Å². The summed E-state index contributed by atoms with van der Waals surface area (Å²) in [4.78, 5) is 0. The third kappa shape index (κ3) is 38.1. The Kier molecular flexibility index (Phi) is 22.4. The molecule has 19 heavy (non-hydrogen) atoms. The minimum Gasteiger partial charge on any atom is -0.393 e. The lowest BCUT2D eigenvalue weighted by Crippen LogP contribution is -2.16. The van der Waals surface area contributed by atoms with Crippen molar-refractivity contribution in [3.8, 4) is 0 Å². The molecule has 0 aromatic rings. The summed E-state index contributed by atoms with van der Waals surface area (Å²) in [5, 5.41) is 25.5. The van der Waals surface area contributed by atoms with E-state index in [0.717, 1.165) is 19.3 Å². The van der Waals surface area contributed by atoms with Gasteiger partial charge < -0.3 is 20.1 Å². The van der Waals surface area contributed by atoms with E-state index in [2.05, 4.69) is 6.92 Å². The van der Waals surface area contributed by atoms with Gasteiger partial charge in [-0.05, 0) is 47.0 Å². The van der Waals surface area contributed by atoms with Gasteiger partial charge >= 0.3 is 0 Å². The Morgan fingerprint density at radius 3 is 1.16 bits per heavy atom. The zero-order valence-corrected chi connectivity index (χ0v) is 13.9. The van der Waals surface area contributed by atoms with Gasteiger partial charge in [-0.15, -0.1) is 0 Å². The van der Waals surface area contributed by atoms with E-state index < -0.39 is 0 Å². The predicted octanol–water partition coefficient (Wildman–Crippen LogP) is 2.74. The van der Waals surface area contributed by atoms with Gasteiger partial charge in [-0.2, -0.15) is 0 Å². The van der Waals surface area contributed by atoms with Crippen molar-refractivity contribution in [3.63, 3.8) is 0 Å². The summed E-state index contributed by atoms with van der Waals surface area (Å²) >= 11 is 0. The summed E-state index contributed by atoms with van der Waals surface area (Å²) in [5.41, 5.74) is 0. The third-order valence-corrected chi connectivity index (χ3v) is 2.38. The molecule has 0 bridgehead atoms. The van der Waals surface area contributed by atoms with Gasteiger partial charge in [0.05, 0.1) is 31.0 Å². The van der Waals surface area contributed by atoms with E-state index in [0.29, 0.717) is 6.61 Å². The van der Waals surface area contributed by atoms with Crippen LogP contribution in [0.5, 0.6) is 0 Å². The molecule has 4 nitrogen and oxygen atoms in total. The molecule has 4 atom stereocenters. The van der Waals surface area contributed by atoms with Crippen molar-refractivity contribution < 1.29 is 20.1 Å². The second-order valence-electron chi connectivity index (χ2n) is 4.92. The highest BCUT2D eigenvalue weighted by Gasteiger charge is 1.99. The smallest absolute Gasteiger partial charge is 0.0745 e. The summed E-state index contributed by atoms with van der Waals surface area (Å²) in [7, 11) is 0. The van der Waals surface area contributed by atoms with Crippen molar-refractivity contribution in [2.45, 2.75) is 92.1 Å². The standard InChI is InChI=1S/C7H16O2.2C4H10O/c1-4-7(3)9-5-6(2)8;2*1-3-4(2)5/h6-8H,4-5H2,1-3H3;2*4-5H,3H2,1-2H3/t6-,7+;2*4-/m110/s1. The van der Waals surface area contributed by atoms with Crippen molar-refractivity contribution in [2.24, 2.45) is 0 Å². The predicted molar refractivity (Wildman–Crippen MR) is 81.3 cm³/mol. The molecule has 0 aromatic carbocycles. The van der Waals surface area contributed by atoms with Crippen molar-refractivity contribution in [1.82, 2.24) is 0 Å². The Morgan fingerprint density at radius 2 is 1.00 bits per heavy atom. The van der Waals surface area contributed by atoms with Crippen LogP contribution in [0.25, 0.3) is 0 Å². The number of aliphatic hydroxyl groups excluding tert-OH is 3. The Labute approximate surface area is 119 Å². The molecule has 0 saturated carbocycles. The molecule has 0 heterocycles. The number of aliphatic hydroxyl groups is 3. The van der Waals surface area contributed by atoms with Crippen LogP contribution in [-0.2, 0) is 4.74 Å². The minimum atomic E-state index is -0.334. The SMILES string of the molecule is CC[C@@H](C)O.CC[C@H](C)O.CC[C@H](C)OC[C@@H](C)O. The highest BCUT2D eigenvalue weighted by Crippen LogP contribution is 1.96. The van der Waals surface area contributed by atoms with Crippen LogP contribution in [0, 0.1) is 0 Å². The molecule has 0 unspecified atom stereocenters. The summed E-state index contributed by atoms with van der Waals surface area (Å²) in [6.07, 6.45) is 2.44. The molecule has 0 aliphatic carbocycles. The number of ether oxygens (including phenoxy) is 1. The Morgan fingerprint density at radius 1 is 0.684 bits per heavy atom. The lowest BCUT2D eigenvalue weighted by atomic mass is 10.3. The highest BCUT2D eigenvalue weighted by atomic mass is 16.5. The largest absolute Gasteiger partial charge is 0.393 e. The second-order valence-corrected chi connectivity index (χ2v) is 4.92. The zero-order chi connectivity index (χ0) is 15.8. The molecular formula is C15H36O4. The number of hydrogen-bond acceptors (Lipinski definition) is 4. The van der Waals surface area contributed by atoms with Crippen LogP contribution in [0.3, 0.4) is 0 Å². The molecule has 0 fully saturated rings. The molecule has 120 valence electrons. The van der Waals surface area contributed by atoms with Gasteiger partial charge in [0.2, 0.25) is 0 Å². The van der Waals surface area contributed by atoms with E-state index in [1.54, 1.807) is 20.8 Å². The molecule has 0 aromatic heterocycles. The van der Waals surface area contributed by atoms with Gasteiger partial charge in [0, 0.05) is 0 Å². The van der Waals surface area contributed by atoms with Crippen LogP contribution < -0.4 is 0 Å². The van der Waals surface area contributed by atoms with Gasteiger partial charge in [0.25, 0.3) is 0 Å². The van der Waals surface area contributed by atoms with E-state index in [4.69, 9.17) is 20.1 Å². The van der Waals surface area contributed by atoms with E-state index in [9.17, 15) is 0 Å². The quantitative estimate of drug-likeness (QED) is 0.699. The third-order valence-electron chi connectivity index (χ3n) is 2.38. The molecule has 4 heteroatoms. The molecule has 0 saturated heterocycles. The van der Waals surface area contributed by atoms with Crippen LogP contribution in [0.4, 0.5) is 0 Å². The topological polar surface area (TPSA) is 69.9 Å². The van der Waals surface area contributed by atoms with Gasteiger partial charge in [0.15, 0.2) is 0 Å². The molecule has 0 amide bonds. The molecule has 0 aliphatic rings. The average Bonchev–Trinajstić information content (AvgIpc) is 2.37. The van der Waals surface area contributed by atoms with E-state index in [1.807, 2.05) is 20.8 Å². The van der Waals surface area contributed by atoms with Crippen LogP contribution in [0.15, 0.2) is 0 Å². The van der Waals surface area contributed by atoms with Crippen molar-refractivity contribution in [2.75, 3.05) is 6.61 Å². The zero-order valence-electron chi connectivity index (χ0n) is 13.9. The average molecular weight is 280 g/mol. The van der Waals surface area contributed by atoms with Crippen molar-refractivity contribution in [3.05, 3.63) is 0 Å². The Hall–Kier alpha value is -0.160.